The van der Waals surface area contributed by atoms with Crippen LogP contribution >= 0.6 is 11.5 Å². The number of aryl methyl sites for hydroxylation is 1. The number of hydrogen-bond acceptors (Lipinski definition) is 6. The summed E-state index contributed by atoms with van der Waals surface area (Å²) >= 11 is 1.29. The van der Waals surface area contributed by atoms with Gasteiger partial charge in [-0.25, -0.2) is 5.84 Å². The van der Waals surface area contributed by atoms with Gasteiger partial charge in [-0.3, -0.25) is 4.99 Å². The predicted octanol–water partition coefficient (Wildman–Crippen LogP) is -0.0432. The molecule has 0 spiro atoms. The number of nitrogens with two attached hydrogens (primary N) is 1. The van der Waals surface area contributed by atoms with Gasteiger partial charge in [-0.2, -0.15) is 0 Å². The normalized spacial score (nSPS) is 11.8. The average molecular weight is 229 g/mol. The molecule has 0 radical (unpaired) electrons. The lowest BCUT2D eigenvalue weighted by atomic mass is 10.3. The fourth-order valence-corrected chi connectivity index (χ4v) is 1.77. The SMILES string of the molecule is CCc1nnsc1C(=NCCOC)NN. The van der Waals surface area contributed by atoms with Gasteiger partial charge in [0.15, 0.2) is 5.84 Å². The van der Waals surface area contributed by atoms with E-state index in [0.717, 1.165) is 17.0 Å². The van der Waals surface area contributed by atoms with Gasteiger partial charge in [0.05, 0.1) is 18.8 Å². The summed E-state index contributed by atoms with van der Waals surface area (Å²) in [4.78, 5) is 5.17. The first-order valence-electron chi connectivity index (χ1n) is 4.65. The van der Waals surface area contributed by atoms with Crippen LogP contribution in [0, 0.1) is 0 Å². The number of aliphatic imine (C=N–C) groups is 1. The summed E-state index contributed by atoms with van der Waals surface area (Å²) in [6.45, 7) is 3.15. The molecule has 7 heteroatoms. The molecule has 0 saturated heterocycles. The maximum atomic E-state index is 5.40. The van der Waals surface area contributed by atoms with Crippen LogP contribution in [0.2, 0.25) is 0 Å². The van der Waals surface area contributed by atoms with Crippen LogP contribution in [0.3, 0.4) is 0 Å². The zero-order valence-electron chi connectivity index (χ0n) is 8.86. The number of amidine groups is 1. The molecule has 15 heavy (non-hydrogen) atoms. The first-order valence-corrected chi connectivity index (χ1v) is 5.42. The molecule has 0 aliphatic heterocycles. The third kappa shape index (κ3) is 3.22. The van der Waals surface area contributed by atoms with Crippen molar-refractivity contribution in [2.75, 3.05) is 20.3 Å². The van der Waals surface area contributed by atoms with E-state index in [9.17, 15) is 0 Å². The Morgan fingerprint density at radius 2 is 2.47 bits per heavy atom. The van der Waals surface area contributed by atoms with Crippen LogP contribution in [-0.2, 0) is 11.2 Å². The van der Waals surface area contributed by atoms with E-state index in [2.05, 4.69) is 20.0 Å². The van der Waals surface area contributed by atoms with Crippen LogP contribution in [0.5, 0.6) is 0 Å². The molecule has 0 aliphatic rings. The molecule has 84 valence electrons. The van der Waals surface area contributed by atoms with Crippen LogP contribution in [0.4, 0.5) is 0 Å². The first kappa shape index (κ1) is 12.0. The van der Waals surface area contributed by atoms with Gasteiger partial charge in [0.25, 0.3) is 0 Å². The highest BCUT2D eigenvalue weighted by molar-refractivity contribution is 7.08. The number of aromatic nitrogens is 2. The maximum absolute atomic E-state index is 5.40. The van der Waals surface area contributed by atoms with Crippen LogP contribution in [-0.4, -0.2) is 35.7 Å². The second-order valence-corrected chi connectivity index (χ2v) is 3.52. The van der Waals surface area contributed by atoms with Gasteiger partial charge in [-0.1, -0.05) is 11.4 Å². The third-order valence-corrected chi connectivity index (χ3v) is 2.58. The Balaban J connectivity index is 2.77. The van der Waals surface area contributed by atoms with Crippen molar-refractivity contribution in [2.45, 2.75) is 13.3 Å². The summed E-state index contributed by atoms with van der Waals surface area (Å²) in [5.41, 5.74) is 3.47. The Labute approximate surface area is 92.7 Å². The van der Waals surface area contributed by atoms with Crippen molar-refractivity contribution in [1.29, 1.82) is 0 Å². The van der Waals surface area contributed by atoms with Crippen molar-refractivity contribution < 1.29 is 4.74 Å². The minimum absolute atomic E-state index is 0.567. The average Bonchev–Trinajstić information content (AvgIpc) is 2.72. The second-order valence-electron chi connectivity index (χ2n) is 2.77. The van der Waals surface area contributed by atoms with Gasteiger partial charge in [-0.05, 0) is 18.0 Å². The van der Waals surface area contributed by atoms with Gasteiger partial charge in [0.1, 0.15) is 4.88 Å². The van der Waals surface area contributed by atoms with E-state index in [1.165, 1.54) is 11.5 Å². The lowest BCUT2D eigenvalue weighted by Crippen LogP contribution is -2.31. The summed E-state index contributed by atoms with van der Waals surface area (Å²) in [5, 5.41) is 3.99. The van der Waals surface area contributed by atoms with Crippen molar-refractivity contribution in [2.24, 2.45) is 10.8 Å². The molecular formula is C8H15N5OS. The molecule has 0 atom stereocenters. The lowest BCUT2D eigenvalue weighted by molar-refractivity contribution is 0.208. The molecule has 1 aromatic rings. The molecule has 1 heterocycles. The number of ether oxygens (including phenoxy) is 1. The minimum atomic E-state index is 0.567. The standard InChI is InChI=1S/C8H15N5OS/c1-3-6-7(15-13-12-6)8(11-9)10-4-5-14-2/h3-5,9H2,1-2H3,(H,10,11). The second kappa shape index (κ2) is 6.44. The third-order valence-electron chi connectivity index (χ3n) is 1.81. The number of rotatable bonds is 5. The molecule has 1 rings (SSSR count). The Kier molecular flexibility index (Phi) is 5.16. The smallest absolute Gasteiger partial charge is 0.156 e. The zero-order valence-corrected chi connectivity index (χ0v) is 9.67. The Morgan fingerprint density at radius 1 is 1.67 bits per heavy atom. The quantitative estimate of drug-likeness (QED) is 0.243. The topological polar surface area (TPSA) is 85.4 Å². The van der Waals surface area contributed by atoms with E-state index in [1.807, 2.05) is 6.92 Å². The number of nitrogens with one attached hydrogen (secondary N) is 1. The van der Waals surface area contributed by atoms with Gasteiger partial charge in [0, 0.05) is 7.11 Å². The van der Waals surface area contributed by atoms with Crippen molar-refractivity contribution in [3.05, 3.63) is 10.6 Å². The van der Waals surface area contributed by atoms with Crippen LogP contribution in [0.25, 0.3) is 0 Å². The fraction of sp³-hybridized carbons (Fsp3) is 0.625. The highest BCUT2D eigenvalue weighted by atomic mass is 32.1. The Bertz CT molecular complexity index is 325. The Morgan fingerprint density at radius 3 is 3.07 bits per heavy atom. The number of nitrogens with zero attached hydrogens (tertiary/aromatic N) is 3. The summed E-state index contributed by atoms with van der Waals surface area (Å²) in [7, 11) is 1.64. The molecule has 3 N–H and O–H groups in total. The first-order chi connectivity index (χ1) is 7.33. The summed E-state index contributed by atoms with van der Waals surface area (Å²) in [6.07, 6.45) is 0.816. The molecule has 0 aliphatic carbocycles. The largest absolute Gasteiger partial charge is 0.383 e. The van der Waals surface area contributed by atoms with Crippen molar-refractivity contribution in [1.82, 2.24) is 15.0 Å². The van der Waals surface area contributed by atoms with Crippen LogP contribution in [0.15, 0.2) is 4.99 Å². The molecule has 6 nitrogen and oxygen atoms in total. The van der Waals surface area contributed by atoms with Gasteiger partial charge in [0.2, 0.25) is 0 Å². The van der Waals surface area contributed by atoms with Crippen molar-refractivity contribution in [3.63, 3.8) is 0 Å². The molecule has 0 bridgehead atoms. The fourth-order valence-electron chi connectivity index (χ4n) is 1.05. The van der Waals surface area contributed by atoms with E-state index in [4.69, 9.17) is 10.6 Å². The molecule has 0 unspecified atom stereocenters. The van der Waals surface area contributed by atoms with E-state index < -0.39 is 0 Å². The number of hydrogen-bond donors (Lipinski definition) is 2. The Hall–Kier alpha value is -1.05. The van der Waals surface area contributed by atoms with Crippen molar-refractivity contribution >= 4 is 17.4 Å². The van der Waals surface area contributed by atoms with E-state index in [1.54, 1.807) is 7.11 Å². The van der Waals surface area contributed by atoms with Gasteiger partial charge in [-0.15, -0.1) is 5.10 Å². The minimum Gasteiger partial charge on any atom is -0.383 e. The maximum Gasteiger partial charge on any atom is 0.156 e. The number of methoxy groups -OCH3 is 1. The van der Waals surface area contributed by atoms with E-state index >= 15 is 0 Å². The van der Waals surface area contributed by atoms with Crippen molar-refractivity contribution in [3.8, 4) is 0 Å². The summed E-state index contributed by atoms with van der Waals surface area (Å²) in [5.74, 6) is 6.02. The molecule has 0 fully saturated rings. The zero-order chi connectivity index (χ0) is 11.1. The molecule has 0 amide bonds. The molecular weight excluding hydrogens is 214 g/mol. The highest BCUT2D eigenvalue weighted by Crippen LogP contribution is 2.11. The molecule has 0 saturated carbocycles. The van der Waals surface area contributed by atoms with Gasteiger partial charge >= 0.3 is 0 Å². The lowest BCUT2D eigenvalue weighted by Gasteiger charge is -2.03. The summed E-state index contributed by atoms with van der Waals surface area (Å²) in [6, 6.07) is 0. The molecule has 0 aromatic carbocycles. The monoisotopic (exact) mass is 229 g/mol. The predicted molar refractivity (Wildman–Crippen MR) is 59.9 cm³/mol. The molecule has 1 aromatic heterocycles. The van der Waals surface area contributed by atoms with Crippen LogP contribution in [0.1, 0.15) is 17.5 Å². The van der Waals surface area contributed by atoms with Gasteiger partial charge < -0.3 is 10.2 Å². The van der Waals surface area contributed by atoms with E-state index in [0.29, 0.717) is 19.0 Å². The highest BCUT2D eigenvalue weighted by Gasteiger charge is 2.11. The number of hydrazine groups is 1. The van der Waals surface area contributed by atoms with E-state index in [-0.39, 0.29) is 0 Å². The van der Waals surface area contributed by atoms with Crippen LogP contribution < -0.4 is 11.3 Å². The summed E-state index contributed by atoms with van der Waals surface area (Å²) < 4.78 is 8.78.